The van der Waals surface area contributed by atoms with Crippen LogP contribution < -0.4 is 27.4 Å². The number of nitrogens with two attached hydrogens (primary N) is 2. The van der Waals surface area contributed by atoms with Gasteiger partial charge in [0.25, 0.3) is 5.69 Å². The van der Waals surface area contributed by atoms with E-state index >= 15 is 0 Å². The number of amides is 2. The summed E-state index contributed by atoms with van der Waals surface area (Å²) in [6.45, 7) is 0.380. The molecule has 0 heterocycles. The van der Waals surface area contributed by atoms with E-state index in [-0.39, 0.29) is 29.9 Å². The number of hydrogen-bond donors (Lipinski definition) is 6. The molecule has 3 rings (SSSR count). The molecule has 0 bridgehead atoms. The second kappa shape index (κ2) is 13.0. The van der Waals surface area contributed by atoms with Crippen LogP contribution in [0.2, 0.25) is 0 Å². The maximum absolute atomic E-state index is 13.1. The van der Waals surface area contributed by atoms with E-state index in [2.05, 4.69) is 16.0 Å². The highest BCUT2D eigenvalue weighted by atomic mass is 16.6. The molecule has 0 saturated carbocycles. The van der Waals surface area contributed by atoms with Crippen molar-refractivity contribution in [3.05, 3.63) is 82.4 Å². The first-order chi connectivity index (χ1) is 17.7. The van der Waals surface area contributed by atoms with Gasteiger partial charge in [-0.3, -0.25) is 25.1 Å². The molecule has 3 aromatic carbocycles. The lowest BCUT2D eigenvalue weighted by Gasteiger charge is -2.20. The summed E-state index contributed by atoms with van der Waals surface area (Å²) in [7, 11) is 0. The Hall–Kier alpha value is -4.51. The van der Waals surface area contributed by atoms with Gasteiger partial charge in [-0.2, -0.15) is 0 Å². The van der Waals surface area contributed by atoms with Crippen LogP contribution in [-0.4, -0.2) is 41.3 Å². The summed E-state index contributed by atoms with van der Waals surface area (Å²) in [6.07, 6.45) is 1.14. The molecule has 0 aromatic heterocycles. The number of nitro benzene ring substituents is 1. The molecule has 3 aromatic rings. The van der Waals surface area contributed by atoms with E-state index in [0.29, 0.717) is 31.5 Å². The third-order valence-corrected chi connectivity index (χ3v) is 5.75. The summed E-state index contributed by atoms with van der Waals surface area (Å²) >= 11 is 0. The fourth-order valence-corrected chi connectivity index (χ4v) is 3.91. The first kappa shape index (κ1) is 27.1. The van der Waals surface area contributed by atoms with E-state index < -0.39 is 17.0 Å². The molecule has 0 radical (unpaired) electrons. The molecule has 2 atom stereocenters. The van der Waals surface area contributed by atoms with Crippen LogP contribution in [0.25, 0.3) is 10.8 Å². The van der Waals surface area contributed by atoms with Crippen molar-refractivity contribution >= 4 is 39.9 Å². The number of benzene rings is 3. The number of non-ortho nitro benzene ring substituents is 1. The number of nitro groups is 1. The van der Waals surface area contributed by atoms with Gasteiger partial charge in [0.15, 0.2) is 5.96 Å². The van der Waals surface area contributed by atoms with Crippen molar-refractivity contribution in [1.82, 2.24) is 10.6 Å². The Morgan fingerprint density at radius 1 is 1.03 bits per heavy atom. The third-order valence-electron chi connectivity index (χ3n) is 5.75. The van der Waals surface area contributed by atoms with Crippen molar-refractivity contribution in [2.45, 2.75) is 37.8 Å². The Labute approximate surface area is 214 Å². The van der Waals surface area contributed by atoms with Gasteiger partial charge in [-0.1, -0.05) is 42.5 Å². The number of fused-ring (bicyclic) bond motifs is 1. The molecule has 0 aliphatic heterocycles. The number of nitrogens with one attached hydrogen (secondary N) is 4. The van der Waals surface area contributed by atoms with Gasteiger partial charge in [0.1, 0.15) is 6.04 Å². The second-order valence-electron chi connectivity index (χ2n) is 8.75. The Kier molecular flexibility index (Phi) is 9.50. The minimum Gasteiger partial charge on any atom is -0.370 e. The summed E-state index contributed by atoms with van der Waals surface area (Å²) in [4.78, 5) is 36.1. The Bertz CT molecular complexity index is 1260. The van der Waals surface area contributed by atoms with E-state index in [1.165, 1.54) is 12.1 Å². The second-order valence-corrected chi connectivity index (χ2v) is 8.75. The number of guanidine groups is 1. The molecule has 0 unspecified atom stereocenters. The number of carbonyl (C=O) groups is 2. The number of anilines is 1. The number of rotatable bonds is 12. The van der Waals surface area contributed by atoms with Gasteiger partial charge in [-0.25, -0.2) is 0 Å². The number of hydrogen-bond acceptors (Lipinski definition) is 6. The third kappa shape index (κ3) is 8.58. The van der Waals surface area contributed by atoms with Crippen LogP contribution in [0.15, 0.2) is 66.7 Å². The summed E-state index contributed by atoms with van der Waals surface area (Å²) in [5.41, 5.74) is 12.8. The molecule has 8 N–H and O–H groups in total. The first-order valence-corrected chi connectivity index (χ1v) is 11.9. The molecule has 11 nitrogen and oxygen atoms in total. The highest BCUT2D eigenvalue weighted by molar-refractivity contribution is 5.99. The highest BCUT2D eigenvalue weighted by Crippen LogP contribution is 2.19. The summed E-state index contributed by atoms with van der Waals surface area (Å²) in [5.74, 6) is -0.915. The lowest BCUT2D eigenvalue weighted by molar-refractivity contribution is -0.384. The zero-order chi connectivity index (χ0) is 26.8. The molecule has 2 amide bonds. The van der Waals surface area contributed by atoms with Crippen LogP contribution in [0, 0.1) is 15.5 Å². The SMILES string of the molecule is N=C(N)NCCC[C@H](NC(=O)C[C@@H](N)Cc1ccc([N+](=O)[O-])cc1)C(=O)Nc1ccc2ccccc2c1. The van der Waals surface area contributed by atoms with Crippen LogP contribution in [0.5, 0.6) is 0 Å². The molecule has 194 valence electrons. The molecular weight excluding hydrogens is 474 g/mol. The quantitative estimate of drug-likeness (QED) is 0.0716. The van der Waals surface area contributed by atoms with E-state index in [9.17, 15) is 19.7 Å². The summed E-state index contributed by atoms with van der Waals surface area (Å²) < 4.78 is 0. The lowest BCUT2D eigenvalue weighted by atomic mass is 10.0. The van der Waals surface area contributed by atoms with E-state index in [1.807, 2.05) is 36.4 Å². The van der Waals surface area contributed by atoms with Crippen LogP contribution in [0.3, 0.4) is 0 Å². The standard InChI is InChI=1S/C26H31N7O4/c27-20(14-17-7-11-22(12-8-17)33(36)37)16-24(34)32-23(6-3-13-30-26(28)29)25(35)31-21-10-9-18-4-1-2-5-19(18)15-21/h1-2,4-5,7-12,15,20,23H,3,6,13-14,16,27H2,(H,31,35)(H,32,34)(H4,28,29,30)/t20-,23-/m0/s1. The van der Waals surface area contributed by atoms with Crippen LogP contribution in [0.4, 0.5) is 11.4 Å². The zero-order valence-corrected chi connectivity index (χ0v) is 20.3. The Morgan fingerprint density at radius 2 is 1.73 bits per heavy atom. The molecule has 0 aliphatic carbocycles. The monoisotopic (exact) mass is 505 g/mol. The van der Waals surface area contributed by atoms with Gasteiger partial charge >= 0.3 is 0 Å². The molecular formula is C26H31N7O4. The summed E-state index contributed by atoms with van der Waals surface area (Å²) in [5, 5.41) is 28.4. The van der Waals surface area contributed by atoms with Gasteiger partial charge in [0, 0.05) is 36.8 Å². The molecule has 0 spiro atoms. The van der Waals surface area contributed by atoms with Gasteiger partial charge in [0.05, 0.1) is 4.92 Å². The van der Waals surface area contributed by atoms with Gasteiger partial charge in [-0.15, -0.1) is 0 Å². The normalized spacial score (nSPS) is 12.4. The zero-order valence-electron chi connectivity index (χ0n) is 20.3. The minimum absolute atomic E-state index is 0.0189. The average molecular weight is 506 g/mol. The van der Waals surface area contributed by atoms with Crippen LogP contribution in [0.1, 0.15) is 24.8 Å². The van der Waals surface area contributed by atoms with Crippen LogP contribution >= 0.6 is 0 Å². The minimum atomic E-state index is -0.820. The smallest absolute Gasteiger partial charge is 0.269 e. The largest absolute Gasteiger partial charge is 0.370 e. The number of carbonyl (C=O) groups excluding carboxylic acids is 2. The lowest BCUT2D eigenvalue weighted by Crippen LogP contribution is -2.46. The fourth-order valence-electron chi connectivity index (χ4n) is 3.91. The fraction of sp³-hybridized carbons (Fsp3) is 0.269. The average Bonchev–Trinajstić information content (AvgIpc) is 2.85. The topological polar surface area (TPSA) is 189 Å². The Balaban J connectivity index is 1.61. The predicted molar refractivity (Wildman–Crippen MR) is 143 cm³/mol. The maximum atomic E-state index is 13.1. The molecule has 0 aliphatic rings. The summed E-state index contributed by atoms with van der Waals surface area (Å²) in [6, 6.07) is 18.0. The van der Waals surface area contributed by atoms with E-state index in [1.54, 1.807) is 18.2 Å². The van der Waals surface area contributed by atoms with Crippen molar-refractivity contribution in [3.63, 3.8) is 0 Å². The van der Waals surface area contributed by atoms with Crippen molar-refractivity contribution in [2.75, 3.05) is 11.9 Å². The highest BCUT2D eigenvalue weighted by Gasteiger charge is 2.22. The molecule has 11 heteroatoms. The molecule has 0 fully saturated rings. The predicted octanol–water partition coefficient (Wildman–Crippen LogP) is 2.39. The van der Waals surface area contributed by atoms with Gasteiger partial charge in [0.2, 0.25) is 11.8 Å². The van der Waals surface area contributed by atoms with Gasteiger partial charge in [-0.05, 0) is 47.7 Å². The molecule has 37 heavy (non-hydrogen) atoms. The van der Waals surface area contributed by atoms with Gasteiger partial charge < -0.3 is 27.4 Å². The Morgan fingerprint density at radius 3 is 2.41 bits per heavy atom. The van der Waals surface area contributed by atoms with Crippen molar-refractivity contribution in [3.8, 4) is 0 Å². The van der Waals surface area contributed by atoms with E-state index in [4.69, 9.17) is 16.9 Å². The van der Waals surface area contributed by atoms with Crippen molar-refractivity contribution in [1.29, 1.82) is 5.41 Å². The van der Waals surface area contributed by atoms with Crippen molar-refractivity contribution < 1.29 is 14.5 Å². The van der Waals surface area contributed by atoms with E-state index in [0.717, 1.165) is 16.3 Å². The first-order valence-electron chi connectivity index (χ1n) is 11.9. The van der Waals surface area contributed by atoms with Crippen LogP contribution in [-0.2, 0) is 16.0 Å². The maximum Gasteiger partial charge on any atom is 0.269 e. The van der Waals surface area contributed by atoms with Crippen molar-refractivity contribution in [2.24, 2.45) is 11.5 Å². The molecule has 0 saturated heterocycles. The number of nitrogens with zero attached hydrogens (tertiary/aromatic N) is 1.